The average molecular weight is 278 g/mol. The standard InChI is InChI=1S/C15H22N2O3/c1-4-17(9-16-12(3)18)11(2)7-13-5-6-14-15(8-13)20-10-19-14/h5-6,8,11H,4,7,9-10H2,1-3H3,(H,16,18). The van der Waals surface area contributed by atoms with Gasteiger partial charge >= 0.3 is 0 Å². The summed E-state index contributed by atoms with van der Waals surface area (Å²) >= 11 is 0. The van der Waals surface area contributed by atoms with Crippen LogP contribution in [0.3, 0.4) is 0 Å². The molecule has 0 saturated heterocycles. The lowest BCUT2D eigenvalue weighted by Crippen LogP contribution is -2.42. The molecule has 1 atom stereocenters. The minimum Gasteiger partial charge on any atom is -0.454 e. The first-order valence-electron chi connectivity index (χ1n) is 6.97. The van der Waals surface area contributed by atoms with Crippen LogP contribution >= 0.6 is 0 Å². The summed E-state index contributed by atoms with van der Waals surface area (Å²) in [7, 11) is 0. The molecule has 110 valence electrons. The van der Waals surface area contributed by atoms with E-state index >= 15 is 0 Å². The third kappa shape index (κ3) is 3.63. The molecular weight excluding hydrogens is 256 g/mol. The van der Waals surface area contributed by atoms with Crippen LogP contribution in [0.1, 0.15) is 26.3 Å². The molecular formula is C15H22N2O3. The predicted molar refractivity (Wildman–Crippen MR) is 76.8 cm³/mol. The molecule has 0 bridgehead atoms. The second-order valence-corrected chi connectivity index (χ2v) is 5.04. The van der Waals surface area contributed by atoms with Gasteiger partial charge in [-0.25, -0.2) is 0 Å². The summed E-state index contributed by atoms with van der Waals surface area (Å²) in [5.41, 5.74) is 1.21. The smallest absolute Gasteiger partial charge is 0.231 e. The highest BCUT2D eigenvalue weighted by atomic mass is 16.7. The van der Waals surface area contributed by atoms with Crippen molar-refractivity contribution < 1.29 is 14.3 Å². The molecule has 5 nitrogen and oxygen atoms in total. The Kier molecular flexibility index (Phi) is 4.84. The summed E-state index contributed by atoms with van der Waals surface area (Å²) in [4.78, 5) is 13.2. The molecule has 0 spiro atoms. The van der Waals surface area contributed by atoms with Crippen molar-refractivity contribution in [1.29, 1.82) is 0 Å². The molecule has 1 aliphatic heterocycles. The van der Waals surface area contributed by atoms with Crippen LogP contribution < -0.4 is 14.8 Å². The second-order valence-electron chi connectivity index (χ2n) is 5.04. The number of ether oxygens (including phenoxy) is 2. The molecule has 1 N–H and O–H groups in total. The number of rotatable bonds is 6. The van der Waals surface area contributed by atoms with Gasteiger partial charge in [0.1, 0.15) is 0 Å². The molecule has 0 fully saturated rings. The van der Waals surface area contributed by atoms with E-state index in [1.165, 1.54) is 12.5 Å². The first-order valence-corrected chi connectivity index (χ1v) is 6.97. The molecule has 1 aliphatic rings. The fourth-order valence-electron chi connectivity index (χ4n) is 2.33. The number of hydrogen-bond donors (Lipinski definition) is 1. The summed E-state index contributed by atoms with van der Waals surface area (Å²) in [5.74, 6) is 1.63. The number of amides is 1. The van der Waals surface area contributed by atoms with E-state index in [0.29, 0.717) is 19.5 Å². The van der Waals surface area contributed by atoms with Gasteiger partial charge in [-0.15, -0.1) is 0 Å². The van der Waals surface area contributed by atoms with Crippen LogP contribution in [0, 0.1) is 0 Å². The topological polar surface area (TPSA) is 50.8 Å². The molecule has 0 radical (unpaired) electrons. The molecule has 2 rings (SSSR count). The van der Waals surface area contributed by atoms with Crippen LogP contribution in [0.2, 0.25) is 0 Å². The molecule has 1 aromatic carbocycles. The average Bonchev–Trinajstić information content (AvgIpc) is 2.86. The Morgan fingerprint density at radius 2 is 2.15 bits per heavy atom. The first-order chi connectivity index (χ1) is 9.60. The van der Waals surface area contributed by atoms with Crippen molar-refractivity contribution in [3.05, 3.63) is 23.8 Å². The minimum absolute atomic E-state index is 0.00118. The molecule has 0 aliphatic carbocycles. The number of benzene rings is 1. The Balaban J connectivity index is 1.95. The second kappa shape index (κ2) is 6.61. The quantitative estimate of drug-likeness (QED) is 0.806. The molecule has 0 aromatic heterocycles. The van der Waals surface area contributed by atoms with Crippen molar-refractivity contribution in [2.24, 2.45) is 0 Å². The lowest BCUT2D eigenvalue weighted by atomic mass is 10.1. The van der Waals surface area contributed by atoms with Gasteiger partial charge in [-0.1, -0.05) is 13.0 Å². The molecule has 5 heteroatoms. The van der Waals surface area contributed by atoms with E-state index in [-0.39, 0.29) is 5.91 Å². The van der Waals surface area contributed by atoms with Crippen molar-refractivity contribution in [3.63, 3.8) is 0 Å². The van der Waals surface area contributed by atoms with E-state index in [1.54, 1.807) is 0 Å². The summed E-state index contributed by atoms with van der Waals surface area (Å²) in [6.07, 6.45) is 0.907. The molecule has 1 aromatic rings. The van der Waals surface area contributed by atoms with Crippen LogP contribution in [0.4, 0.5) is 0 Å². The number of nitrogens with one attached hydrogen (secondary N) is 1. The number of likely N-dealkylation sites (N-methyl/N-ethyl adjacent to an activating group) is 1. The van der Waals surface area contributed by atoms with Crippen molar-refractivity contribution in [3.8, 4) is 11.5 Å². The molecule has 1 heterocycles. The highest BCUT2D eigenvalue weighted by molar-refractivity contribution is 5.72. The summed E-state index contributed by atoms with van der Waals surface area (Å²) in [6, 6.07) is 6.39. The number of carbonyl (C=O) groups is 1. The highest BCUT2D eigenvalue weighted by Gasteiger charge is 2.16. The van der Waals surface area contributed by atoms with Gasteiger partial charge in [0.15, 0.2) is 11.5 Å². The summed E-state index contributed by atoms with van der Waals surface area (Å²) in [6.45, 7) is 7.58. The number of fused-ring (bicyclic) bond motifs is 1. The molecule has 20 heavy (non-hydrogen) atoms. The minimum atomic E-state index is -0.00118. The Morgan fingerprint density at radius 1 is 1.40 bits per heavy atom. The van der Waals surface area contributed by atoms with E-state index in [1.807, 2.05) is 12.1 Å². The zero-order valence-corrected chi connectivity index (χ0v) is 12.3. The van der Waals surface area contributed by atoms with E-state index in [4.69, 9.17) is 9.47 Å². The number of hydrogen-bond acceptors (Lipinski definition) is 4. The largest absolute Gasteiger partial charge is 0.454 e. The van der Waals surface area contributed by atoms with Gasteiger partial charge in [0, 0.05) is 13.0 Å². The third-order valence-electron chi connectivity index (χ3n) is 3.53. The number of nitrogens with zero attached hydrogens (tertiary/aromatic N) is 1. The maximum Gasteiger partial charge on any atom is 0.231 e. The van der Waals surface area contributed by atoms with Crippen molar-refractivity contribution in [2.75, 3.05) is 20.0 Å². The molecule has 1 amide bonds. The van der Waals surface area contributed by atoms with Gasteiger partial charge in [0.05, 0.1) is 6.67 Å². The SMILES string of the molecule is CCN(CNC(C)=O)C(C)Cc1ccc2c(c1)OCO2. The predicted octanol–water partition coefficient (Wildman–Crippen LogP) is 1.76. The Labute approximate surface area is 119 Å². The van der Waals surface area contributed by atoms with Gasteiger partial charge in [-0.3, -0.25) is 9.69 Å². The van der Waals surface area contributed by atoms with E-state index in [9.17, 15) is 4.79 Å². The van der Waals surface area contributed by atoms with Gasteiger partial charge in [-0.05, 0) is 37.6 Å². The van der Waals surface area contributed by atoms with Crippen molar-refractivity contribution >= 4 is 5.91 Å². The zero-order valence-electron chi connectivity index (χ0n) is 12.3. The lowest BCUT2D eigenvalue weighted by molar-refractivity contribution is -0.119. The maximum absolute atomic E-state index is 11.0. The van der Waals surface area contributed by atoms with Gasteiger partial charge in [0.2, 0.25) is 12.7 Å². The van der Waals surface area contributed by atoms with Crippen molar-refractivity contribution in [1.82, 2.24) is 10.2 Å². The van der Waals surface area contributed by atoms with Gasteiger partial charge in [-0.2, -0.15) is 0 Å². The van der Waals surface area contributed by atoms with Gasteiger partial charge < -0.3 is 14.8 Å². The lowest BCUT2D eigenvalue weighted by Gasteiger charge is -2.27. The first kappa shape index (κ1) is 14.7. The monoisotopic (exact) mass is 278 g/mol. The van der Waals surface area contributed by atoms with E-state index in [2.05, 4.69) is 30.1 Å². The van der Waals surface area contributed by atoms with Crippen LogP contribution in [-0.4, -0.2) is 36.9 Å². The Morgan fingerprint density at radius 3 is 2.85 bits per heavy atom. The Hall–Kier alpha value is -1.75. The zero-order chi connectivity index (χ0) is 14.5. The van der Waals surface area contributed by atoms with E-state index in [0.717, 1.165) is 24.5 Å². The van der Waals surface area contributed by atoms with Crippen molar-refractivity contribution in [2.45, 2.75) is 33.2 Å². The highest BCUT2D eigenvalue weighted by Crippen LogP contribution is 2.32. The molecule has 1 unspecified atom stereocenters. The fourth-order valence-corrected chi connectivity index (χ4v) is 2.33. The van der Waals surface area contributed by atoms with Crippen LogP contribution in [-0.2, 0) is 11.2 Å². The normalized spacial score (nSPS) is 14.4. The molecule has 0 saturated carbocycles. The van der Waals surface area contributed by atoms with Gasteiger partial charge in [0.25, 0.3) is 0 Å². The Bertz CT molecular complexity index is 476. The summed E-state index contributed by atoms with van der Waals surface area (Å²) in [5, 5.41) is 2.85. The fraction of sp³-hybridized carbons (Fsp3) is 0.533. The number of carbonyl (C=O) groups excluding carboxylic acids is 1. The van der Waals surface area contributed by atoms with Crippen LogP contribution in [0.5, 0.6) is 11.5 Å². The van der Waals surface area contributed by atoms with Crippen LogP contribution in [0.15, 0.2) is 18.2 Å². The van der Waals surface area contributed by atoms with E-state index < -0.39 is 0 Å². The summed E-state index contributed by atoms with van der Waals surface area (Å²) < 4.78 is 10.7. The van der Waals surface area contributed by atoms with Crippen LogP contribution in [0.25, 0.3) is 0 Å². The maximum atomic E-state index is 11.0. The third-order valence-corrected chi connectivity index (χ3v) is 3.53.